The quantitative estimate of drug-likeness (QED) is 0.712. The number of aromatic amines is 1. The van der Waals surface area contributed by atoms with Gasteiger partial charge in [0.2, 0.25) is 0 Å². The van der Waals surface area contributed by atoms with Gasteiger partial charge in [0.1, 0.15) is 5.82 Å². The van der Waals surface area contributed by atoms with E-state index in [0.717, 1.165) is 18.8 Å². The van der Waals surface area contributed by atoms with E-state index in [1.54, 1.807) is 0 Å². The first kappa shape index (κ1) is 9.71. The van der Waals surface area contributed by atoms with E-state index in [2.05, 4.69) is 36.1 Å². The number of rotatable bonds is 1. The second-order valence-corrected chi connectivity index (χ2v) is 4.61. The third-order valence-corrected chi connectivity index (χ3v) is 3.41. The molecular weight excluding hydrogens is 174 g/mol. The van der Waals surface area contributed by atoms with E-state index in [0.29, 0.717) is 0 Å². The van der Waals surface area contributed by atoms with Gasteiger partial charge in [-0.3, -0.25) is 0 Å². The zero-order valence-corrected chi connectivity index (χ0v) is 9.28. The van der Waals surface area contributed by atoms with Crippen molar-refractivity contribution in [2.75, 3.05) is 13.1 Å². The zero-order chi connectivity index (χ0) is 10.2. The van der Waals surface area contributed by atoms with Crippen LogP contribution in [0.4, 0.5) is 0 Å². The Hall–Kier alpha value is -0.830. The Bertz CT molecular complexity index is 302. The molecule has 78 valence electrons. The third kappa shape index (κ3) is 1.57. The monoisotopic (exact) mass is 193 g/mol. The molecule has 14 heavy (non-hydrogen) atoms. The summed E-state index contributed by atoms with van der Waals surface area (Å²) in [4.78, 5) is 8.04. The molecule has 2 heterocycles. The van der Waals surface area contributed by atoms with Crippen LogP contribution in [0.3, 0.4) is 0 Å². The maximum Gasteiger partial charge on any atom is 0.112 e. The smallest absolute Gasteiger partial charge is 0.112 e. The molecule has 2 N–H and O–H groups in total. The molecule has 0 bridgehead atoms. The lowest BCUT2D eigenvalue weighted by molar-refractivity contribution is 0.320. The van der Waals surface area contributed by atoms with Gasteiger partial charge in [-0.1, -0.05) is 6.92 Å². The Morgan fingerprint density at radius 2 is 1.86 bits per heavy atom. The summed E-state index contributed by atoms with van der Waals surface area (Å²) in [5.41, 5.74) is 2.60. The summed E-state index contributed by atoms with van der Waals surface area (Å²) in [6.45, 7) is 8.69. The average molecular weight is 193 g/mol. The van der Waals surface area contributed by atoms with Crippen molar-refractivity contribution < 1.29 is 0 Å². The molecule has 3 heteroatoms. The third-order valence-electron chi connectivity index (χ3n) is 3.41. The summed E-state index contributed by atoms with van der Waals surface area (Å²) in [5, 5.41) is 3.39. The molecule has 0 radical (unpaired) electrons. The molecule has 0 aromatic carbocycles. The molecule has 1 aliphatic heterocycles. The first-order chi connectivity index (χ1) is 6.62. The maximum absolute atomic E-state index is 4.62. The number of imidazole rings is 1. The van der Waals surface area contributed by atoms with Gasteiger partial charge in [0.15, 0.2) is 0 Å². The minimum atomic E-state index is 0.254. The van der Waals surface area contributed by atoms with E-state index >= 15 is 0 Å². The molecule has 1 aromatic rings. The van der Waals surface area contributed by atoms with Crippen molar-refractivity contribution in [2.24, 2.45) is 0 Å². The Balaban J connectivity index is 2.28. The van der Waals surface area contributed by atoms with Crippen molar-refractivity contribution in [3.05, 3.63) is 17.2 Å². The maximum atomic E-state index is 4.62. The Morgan fingerprint density at radius 1 is 1.21 bits per heavy atom. The number of aromatic nitrogens is 2. The van der Waals surface area contributed by atoms with Crippen molar-refractivity contribution >= 4 is 0 Å². The lowest BCUT2D eigenvalue weighted by atomic mass is 9.80. The second-order valence-electron chi connectivity index (χ2n) is 4.61. The van der Waals surface area contributed by atoms with E-state index in [9.17, 15) is 0 Å². The van der Waals surface area contributed by atoms with Gasteiger partial charge in [-0.25, -0.2) is 4.98 Å². The molecule has 0 saturated carbocycles. The topological polar surface area (TPSA) is 40.7 Å². The summed E-state index contributed by atoms with van der Waals surface area (Å²) in [7, 11) is 0. The van der Waals surface area contributed by atoms with E-state index in [4.69, 9.17) is 0 Å². The lowest BCUT2D eigenvalue weighted by Gasteiger charge is -2.32. The van der Waals surface area contributed by atoms with Gasteiger partial charge < -0.3 is 10.3 Å². The van der Waals surface area contributed by atoms with Crippen LogP contribution in [0.15, 0.2) is 0 Å². The summed E-state index contributed by atoms with van der Waals surface area (Å²) in [6, 6.07) is 0. The fourth-order valence-corrected chi connectivity index (χ4v) is 2.05. The number of piperidine rings is 1. The standard InChI is InChI=1S/C11H19N3/c1-8-9(2)14-10(13-8)11(3)4-6-12-7-5-11/h12H,4-7H2,1-3H3,(H,13,14). The van der Waals surface area contributed by atoms with Crippen molar-refractivity contribution in [2.45, 2.75) is 39.0 Å². The molecule has 1 fully saturated rings. The van der Waals surface area contributed by atoms with E-state index in [1.807, 2.05) is 0 Å². The van der Waals surface area contributed by atoms with Crippen LogP contribution in [0.25, 0.3) is 0 Å². The zero-order valence-electron chi connectivity index (χ0n) is 9.28. The number of nitrogens with zero attached hydrogens (tertiary/aromatic N) is 1. The molecule has 3 nitrogen and oxygen atoms in total. The molecule has 1 aliphatic rings. The molecule has 0 unspecified atom stereocenters. The molecule has 2 rings (SSSR count). The Kier molecular flexibility index (Phi) is 2.35. The van der Waals surface area contributed by atoms with Gasteiger partial charge in [0.25, 0.3) is 0 Å². The number of aryl methyl sites for hydroxylation is 2. The van der Waals surface area contributed by atoms with Crippen molar-refractivity contribution in [1.82, 2.24) is 15.3 Å². The van der Waals surface area contributed by atoms with Gasteiger partial charge in [-0.2, -0.15) is 0 Å². The number of hydrogen-bond donors (Lipinski definition) is 2. The summed E-state index contributed by atoms with van der Waals surface area (Å²) < 4.78 is 0. The van der Waals surface area contributed by atoms with Crippen LogP contribution in [0.2, 0.25) is 0 Å². The molecule has 1 saturated heterocycles. The molecule has 0 aliphatic carbocycles. The normalized spacial score (nSPS) is 21.1. The van der Waals surface area contributed by atoms with E-state index in [1.165, 1.54) is 24.4 Å². The molecule has 1 aromatic heterocycles. The summed E-state index contributed by atoms with van der Waals surface area (Å²) >= 11 is 0. The van der Waals surface area contributed by atoms with Crippen LogP contribution >= 0.6 is 0 Å². The van der Waals surface area contributed by atoms with Crippen LogP contribution in [-0.4, -0.2) is 23.1 Å². The highest BCUT2D eigenvalue weighted by Crippen LogP contribution is 2.31. The summed E-state index contributed by atoms with van der Waals surface area (Å²) in [6.07, 6.45) is 2.36. The average Bonchev–Trinajstić information content (AvgIpc) is 2.49. The largest absolute Gasteiger partial charge is 0.345 e. The SMILES string of the molecule is Cc1nc(C2(C)CCNCC2)[nH]c1C. The van der Waals surface area contributed by atoms with Crippen LogP contribution in [0.1, 0.15) is 37.0 Å². The highest BCUT2D eigenvalue weighted by Gasteiger charge is 2.31. The van der Waals surface area contributed by atoms with Crippen LogP contribution in [0.5, 0.6) is 0 Å². The lowest BCUT2D eigenvalue weighted by Crippen LogP contribution is -2.38. The molecular formula is C11H19N3. The predicted octanol–water partition coefficient (Wildman–Crippen LogP) is 1.67. The second kappa shape index (κ2) is 3.39. The summed E-state index contributed by atoms with van der Waals surface area (Å²) in [5.74, 6) is 1.18. The van der Waals surface area contributed by atoms with Crippen molar-refractivity contribution in [3.63, 3.8) is 0 Å². The predicted molar refractivity (Wildman–Crippen MR) is 57.5 cm³/mol. The highest BCUT2D eigenvalue weighted by molar-refractivity contribution is 5.17. The van der Waals surface area contributed by atoms with Crippen LogP contribution in [-0.2, 0) is 5.41 Å². The highest BCUT2D eigenvalue weighted by atomic mass is 15.0. The van der Waals surface area contributed by atoms with Crippen molar-refractivity contribution in [1.29, 1.82) is 0 Å². The Labute approximate surface area is 85.3 Å². The first-order valence-electron chi connectivity index (χ1n) is 5.36. The van der Waals surface area contributed by atoms with Crippen molar-refractivity contribution in [3.8, 4) is 0 Å². The van der Waals surface area contributed by atoms with E-state index in [-0.39, 0.29) is 5.41 Å². The van der Waals surface area contributed by atoms with E-state index < -0.39 is 0 Å². The fourth-order valence-electron chi connectivity index (χ4n) is 2.05. The minimum Gasteiger partial charge on any atom is -0.345 e. The number of nitrogens with one attached hydrogen (secondary N) is 2. The van der Waals surface area contributed by atoms with Gasteiger partial charge in [-0.15, -0.1) is 0 Å². The molecule has 0 amide bonds. The van der Waals surface area contributed by atoms with Gasteiger partial charge in [0.05, 0.1) is 5.69 Å². The first-order valence-corrected chi connectivity index (χ1v) is 5.36. The molecule has 0 spiro atoms. The van der Waals surface area contributed by atoms with Crippen LogP contribution < -0.4 is 5.32 Å². The fraction of sp³-hybridized carbons (Fsp3) is 0.727. The Morgan fingerprint density at radius 3 is 2.36 bits per heavy atom. The van der Waals surface area contributed by atoms with Gasteiger partial charge >= 0.3 is 0 Å². The number of hydrogen-bond acceptors (Lipinski definition) is 2. The van der Waals surface area contributed by atoms with Gasteiger partial charge in [-0.05, 0) is 39.8 Å². The van der Waals surface area contributed by atoms with Crippen LogP contribution in [0, 0.1) is 13.8 Å². The number of H-pyrrole nitrogens is 1. The molecule has 0 atom stereocenters. The van der Waals surface area contributed by atoms with Gasteiger partial charge in [0, 0.05) is 11.1 Å². The minimum absolute atomic E-state index is 0.254.